The molecule has 0 radical (unpaired) electrons. The summed E-state index contributed by atoms with van der Waals surface area (Å²) in [5.74, 6) is 0.490. The number of carbonyl (C=O) groups is 1. The lowest BCUT2D eigenvalue weighted by Gasteiger charge is -2.35. The molecule has 0 aromatic heterocycles. The minimum Gasteiger partial charge on any atom is -0.335 e. The summed E-state index contributed by atoms with van der Waals surface area (Å²) in [6, 6.07) is 0.119. The average molecular weight is 394 g/mol. The van der Waals surface area contributed by atoms with Crippen molar-refractivity contribution in [3.8, 4) is 0 Å². The highest BCUT2D eigenvalue weighted by molar-refractivity contribution is 7.91. The second-order valence-electron chi connectivity index (χ2n) is 8.27. The Balaban J connectivity index is 0.00000225. The quantitative estimate of drug-likeness (QED) is 0.754. The van der Waals surface area contributed by atoms with E-state index in [1.807, 2.05) is 4.90 Å². The fourth-order valence-corrected chi connectivity index (χ4v) is 6.29. The summed E-state index contributed by atoms with van der Waals surface area (Å²) in [5, 5.41) is 0. The topological polar surface area (TPSA) is 83.7 Å². The number of carbonyl (C=O) groups excluding carboxylic acids is 1. The lowest BCUT2D eigenvalue weighted by Crippen LogP contribution is -2.50. The molecule has 146 valence electrons. The van der Waals surface area contributed by atoms with Crippen LogP contribution in [0.3, 0.4) is 0 Å². The van der Waals surface area contributed by atoms with Gasteiger partial charge < -0.3 is 10.6 Å². The maximum Gasteiger partial charge on any atom is 0.237 e. The first-order valence-corrected chi connectivity index (χ1v) is 11.1. The zero-order chi connectivity index (χ0) is 17.4. The third kappa shape index (κ3) is 4.87. The van der Waals surface area contributed by atoms with Crippen LogP contribution < -0.4 is 5.73 Å². The van der Waals surface area contributed by atoms with Crippen molar-refractivity contribution in [3.05, 3.63) is 0 Å². The Morgan fingerprint density at radius 2 is 1.92 bits per heavy atom. The predicted octanol–water partition coefficient (Wildman–Crippen LogP) is 1.04. The molecule has 2 heterocycles. The van der Waals surface area contributed by atoms with Gasteiger partial charge in [0.25, 0.3) is 0 Å². The molecule has 3 aliphatic rings. The number of hydrogen-bond donors (Lipinski definition) is 1. The Morgan fingerprint density at radius 1 is 1.24 bits per heavy atom. The third-order valence-electron chi connectivity index (χ3n) is 6.10. The van der Waals surface area contributed by atoms with Gasteiger partial charge in [0.2, 0.25) is 5.91 Å². The van der Waals surface area contributed by atoms with Crippen LogP contribution >= 0.6 is 12.4 Å². The summed E-state index contributed by atoms with van der Waals surface area (Å²) in [5.41, 5.74) is 5.97. The second kappa shape index (κ2) is 8.11. The van der Waals surface area contributed by atoms with Gasteiger partial charge in [-0.05, 0) is 44.2 Å². The van der Waals surface area contributed by atoms with Crippen LogP contribution in [0.1, 0.15) is 45.4 Å². The van der Waals surface area contributed by atoms with E-state index in [9.17, 15) is 13.2 Å². The summed E-state index contributed by atoms with van der Waals surface area (Å²) >= 11 is 0. The first-order valence-electron chi connectivity index (χ1n) is 9.26. The summed E-state index contributed by atoms with van der Waals surface area (Å²) in [7, 11) is -2.98. The lowest BCUT2D eigenvalue weighted by atomic mass is 9.90. The van der Waals surface area contributed by atoms with Gasteiger partial charge in [0, 0.05) is 18.6 Å². The van der Waals surface area contributed by atoms with Gasteiger partial charge in [-0.25, -0.2) is 8.42 Å². The molecule has 1 saturated carbocycles. The Morgan fingerprint density at radius 3 is 2.44 bits per heavy atom. The normalized spacial score (nSPS) is 32.6. The number of nitrogens with two attached hydrogens (primary N) is 1. The summed E-state index contributed by atoms with van der Waals surface area (Å²) < 4.78 is 23.8. The number of likely N-dealkylation sites (tertiary alicyclic amines) is 1. The summed E-state index contributed by atoms with van der Waals surface area (Å²) in [6.07, 6.45) is 5.94. The minimum atomic E-state index is -2.98. The average Bonchev–Trinajstić information content (AvgIpc) is 3.22. The van der Waals surface area contributed by atoms with Gasteiger partial charge in [-0.1, -0.05) is 19.8 Å². The van der Waals surface area contributed by atoms with Crippen molar-refractivity contribution < 1.29 is 13.2 Å². The van der Waals surface area contributed by atoms with Gasteiger partial charge in [-0.15, -0.1) is 12.4 Å². The molecule has 2 atom stereocenters. The van der Waals surface area contributed by atoms with E-state index >= 15 is 0 Å². The van der Waals surface area contributed by atoms with E-state index in [0.717, 1.165) is 45.2 Å². The first kappa shape index (κ1) is 20.9. The molecule has 6 nitrogen and oxygen atoms in total. The number of sulfone groups is 1. The molecular formula is C17H32ClN3O3S. The van der Waals surface area contributed by atoms with Crippen molar-refractivity contribution in [2.45, 2.75) is 57.5 Å². The molecule has 1 amide bonds. The van der Waals surface area contributed by atoms with E-state index in [1.54, 1.807) is 0 Å². The largest absolute Gasteiger partial charge is 0.335 e. The van der Waals surface area contributed by atoms with E-state index in [4.69, 9.17) is 5.73 Å². The van der Waals surface area contributed by atoms with Crippen molar-refractivity contribution in [3.63, 3.8) is 0 Å². The van der Waals surface area contributed by atoms with Crippen LogP contribution in [0.4, 0.5) is 0 Å². The van der Waals surface area contributed by atoms with Crippen LogP contribution in [0.15, 0.2) is 0 Å². The second-order valence-corrected chi connectivity index (χ2v) is 10.5. The molecule has 3 rings (SSSR count). The fourth-order valence-electron chi connectivity index (χ4n) is 4.58. The van der Waals surface area contributed by atoms with E-state index in [1.165, 1.54) is 0 Å². The Hall–Kier alpha value is -0.370. The van der Waals surface area contributed by atoms with Gasteiger partial charge >= 0.3 is 0 Å². The molecule has 0 bridgehead atoms. The van der Waals surface area contributed by atoms with Gasteiger partial charge in [0.15, 0.2) is 9.84 Å². The maximum absolute atomic E-state index is 13.0. The van der Waals surface area contributed by atoms with Crippen LogP contribution in [-0.2, 0) is 14.6 Å². The maximum atomic E-state index is 13.0. The molecule has 2 unspecified atom stereocenters. The highest BCUT2D eigenvalue weighted by Crippen LogP contribution is 2.31. The summed E-state index contributed by atoms with van der Waals surface area (Å²) in [6.45, 7) is 4.99. The smallest absolute Gasteiger partial charge is 0.237 e. The summed E-state index contributed by atoms with van der Waals surface area (Å²) in [4.78, 5) is 17.2. The molecule has 2 N–H and O–H groups in total. The molecule has 0 aromatic carbocycles. The van der Waals surface area contributed by atoms with Crippen molar-refractivity contribution in [1.29, 1.82) is 0 Å². The fraction of sp³-hybridized carbons (Fsp3) is 0.941. The Bertz CT molecular complexity index is 580. The van der Waals surface area contributed by atoms with E-state index < -0.39 is 9.84 Å². The highest BCUT2D eigenvalue weighted by atomic mass is 35.5. The SMILES string of the molecule is CC1(CN)CCN(CC(=O)N(C2CCCC2)C2CCS(=O)(=O)C2)C1.Cl. The van der Waals surface area contributed by atoms with Crippen molar-refractivity contribution in [1.82, 2.24) is 9.80 Å². The standard InChI is InChI=1S/C17H31N3O3S.ClH/c1-17(12-18)7-8-19(13-17)10-16(21)20(14-4-2-3-5-14)15-6-9-24(22,23)11-15;/h14-15H,2-13,18H2,1H3;1H. The van der Waals surface area contributed by atoms with Gasteiger partial charge in [-0.3, -0.25) is 9.69 Å². The van der Waals surface area contributed by atoms with Crippen LogP contribution in [0, 0.1) is 5.41 Å². The van der Waals surface area contributed by atoms with E-state index in [-0.39, 0.29) is 47.3 Å². The van der Waals surface area contributed by atoms with E-state index in [0.29, 0.717) is 19.5 Å². The van der Waals surface area contributed by atoms with Crippen molar-refractivity contribution in [2.24, 2.45) is 11.1 Å². The lowest BCUT2D eigenvalue weighted by molar-refractivity contribution is -0.136. The van der Waals surface area contributed by atoms with Crippen LogP contribution in [0.5, 0.6) is 0 Å². The molecule has 1 aliphatic carbocycles. The highest BCUT2D eigenvalue weighted by Gasteiger charge is 2.40. The van der Waals surface area contributed by atoms with Crippen LogP contribution in [-0.4, -0.2) is 73.9 Å². The van der Waals surface area contributed by atoms with Gasteiger partial charge in [0.05, 0.1) is 18.1 Å². The molecule has 2 aliphatic heterocycles. The number of rotatable bonds is 5. The Kier molecular flexibility index (Phi) is 6.79. The Labute approximate surface area is 157 Å². The number of nitrogens with zero attached hydrogens (tertiary/aromatic N) is 2. The first-order chi connectivity index (χ1) is 11.3. The molecular weight excluding hydrogens is 362 g/mol. The van der Waals surface area contributed by atoms with Crippen LogP contribution in [0.25, 0.3) is 0 Å². The van der Waals surface area contributed by atoms with Gasteiger partial charge in [-0.2, -0.15) is 0 Å². The molecule has 25 heavy (non-hydrogen) atoms. The molecule has 0 aromatic rings. The van der Waals surface area contributed by atoms with Gasteiger partial charge in [0.1, 0.15) is 0 Å². The van der Waals surface area contributed by atoms with Crippen molar-refractivity contribution in [2.75, 3.05) is 37.7 Å². The molecule has 2 saturated heterocycles. The molecule has 3 fully saturated rings. The molecule has 0 spiro atoms. The third-order valence-corrected chi connectivity index (χ3v) is 7.85. The van der Waals surface area contributed by atoms with Crippen molar-refractivity contribution >= 4 is 28.2 Å². The van der Waals surface area contributed by atoms with E-state index in [2.05, 4.69) is 11.8 Å². The molecule has 8 heteroatoms. The monoisotopic (exact) mass is 393 g/mol. The zero-order valence-electron chi connectivity index (χ0n) is 15.2. The number of halogens is 1. The minimum absolute atomic E-state index is 0. The predicted molar refractivity (Wildman–Crippen MR) is 102 cm³/mol. The zero-order valence-corrected chi connectivity index (χ0v) is 16.8. The number of amides is 1. The van der Waals surface area contributed by atoms with Crippen LogP contribution in [0.2, 0.25) is 0 Å². The number of hydrogen-bond acceptors (Lipinski definition) is 5.